The van der Waals surface area contributed by atoms with Crippen molar-refractivity contribution in [3.8, 4) is 0 Å². The summed E-state index contributed by atoms with van der Waals surface area (Å²) < 4.78 is 15.7. The number of rotatable bonds is 12. The zero-order valence-electron chi connectivity index (χ0n) is 17.2. The van der Waals surface area contributed by atoms with Crippen molar-refractivity contribution in [2.45, 2.75) is 52.7 Å². The van der Waals surface area contributed by atoms with Crippen LogP contribution in [0.3, 0.4) is 0 Å². The number of alkyl carbamates (subject to hydrolysis) is 1. The third kappa shape index (κ3) is 12.2. The molecule has 1 unspecified atom stereocenters. The molecule has 0 heterocycles. The van der Waals surface area contributed by atoms with Crippen molar-refractivity contribution in [2.75, 3.05) is 40.0 Å². The molecular formula is C18H34N2O7. The molecule has 0 bridgehead atoms. The van der Waals surface area contributed by atoms with E-state index < -0.39 is 23.7 Å². The van der Waals surface area contributed by atoms with Gasteiger partial charge in [0.1, 0.15) is 11.6 Å². The Hall–Kier alpha value is -1.87. The summed E-state index contributed by atoms with van der Waals surface area (Å²) in [5.74, 6) is -1.48. The van der Waals surface area contributed by atoms with Crippen LogP contribution < -0.4 is 5.32 Å². The standard InChI is InChI=1S/C18H34N2O7/c1-13(2)15(16(22)23)20(6)14(21)7-9-25-11-12-26-10-8-19-17(24)27-18(3,4)5/h13,15H,7-12H2,1-6H3,(H,19,24)(H,22,23). The van der Waals surface area contributed by atoms with E-state index in [1.54, 1.807) is 34.6 Å². The van der Waals surface area contributed by atoms with Gasteiger partial charge in [-0.3, -0.25) is 4.79 Å². The number of carbonyl (C=O) groups is 3. The highest BCUT2D eigenvalue weighted by molar-refractivity contribution is 5.83. The lowest BCUT2D eigenvalue weighted by Gasteiger charge is -2.27. The van der Waals surface area contributed by atoms with Crippen LogP contribution in [0.4, 0.5) is 4.79 Å². The molecule has 0 spiro atoms. The fraction of sp³-hybridized carbons (Fsp3) is 0.833. The number of carboxylic acids is 1. The molecule has 0 aliphatic carbocycles. The molecule has 0 fully saturated rings. The number of carbonyl (C=O) groups excluding carboxylic acids is 2. The Morgan fingerprint density at radius 2 is 1.59 bits per heavy atom. The van der Waals surface area contributed by atoms with Gasteiger partial charge >= 0.3 is 12.1 Å². The lowest BCUT2D eigenvalue weighted by molar-refractivity contribution is -0.151. The molecule has 0 aromatic heterocycles. The Balaban J connectivity index is 3.76. The number of hydrogen-bond acceptors (Lipinski definition) is 6. The summed E-state index contributed by atoms with van der Waals surface area (Å²) in [5.41, 5.74) is -0.538. The molecule has 0 rings (SSSR count). The van der Waals surface area contributed by atoms with Crippen LogP contribution in [-0.4, -0.2) is 79.6 Å². The summed E-state index contributed by atoms with van der Waals surface area (Å²) in [6.45, 7) is 10.3. The van der Waals surface area contributed by atoms with Crippen molar-refractivity contribution >= 4 is 18.0 Å². The van der Waals surface area contributed by atoms with Gasteiger partial charge < -0.3 is 29.5 Å². The third-order valence-electron chi connectivity index (χ3n) is 3.44. The average Bonchev–Trinajstić information content (AvgIpc) is 2.50. The predicted molar refractivity (Wildman–Crippen MR) is 99.5 cm³/mol. The van der Waals surface area contributed by atoms with Crippen LogP contribution in [0.1, 0.15) is 41.0 Å². The summed E-state index contributed by atoms with van der Waals surface area (Å²) in [6, 6.07) is -0.849. The third-order valence-corrected chi connectivity index (χ3v) is 3.44. The molecule has 0 aliphatic rings. The van der Waals surface area contributed by atoms with Crippen molar-refractivity contribution in [3.05, 3.63) is 0 Å². The van der Waals surface area contributed by atoms with Gasteiger partial charge in [-0.05, 0) is 26.7 Å². The van der Waals surface area contributed by atoms with Crippen LogP contribution in [0.2, 0.25) is 0 Å². The first-order valence-electron chi connectivity index (χ1n) is 9.06. The van der Waals surface area contributed by atoms with Crippen LogP contribution in [0.15, 0.2) is 0 Å². The number of amides is 2. The van der Waals surface area contributed by atoms with Gasteiger partial charge in [-0.15, -0.1) is 0 Å². The van der Waals surface area contributed by atoms with E-state index in [-0.39, 0.29) is 24.9 Å². The summed E-state index contributed by atoms with van der Waals surface area (Å²) in [7, 11) is 1.49. The second-order valence-electron chi connectivity index (χ2n) is 7.44. The predicted octanol–water partition coefficient (Wildman–Crippen LogP) is 1.50. The number of likely N-dealkylation sites (N-methyl/N-ethyl adjacent to an activating group) is 1. The van der Waals surface area contributed by atoms with Gasteiger partial charge in [-0.2, -0.15) is 0 Å². The molecule has 27 heavy (non-hydrogen) atoms. The van der Waals surface area contributed by atoms with Crippen molar-refractivity contribution < 1.29 is 33.7 Å². The molecule has 0 aromatic rings. The minimum atomic E-state index is -1.02. The van der Waals surface area contributed by atoms with E-state index in [4.69, 9.17) is 14.2 Å². The lowest BCUT2D eigenvalue weighted by Crippen LogP contribution is -2.45. The van der Waals surface area contributed by atoms with Gasteiger partial charge in [0.25, 0.3) is 0 Å². The van der Waals surface area contributed by atoms with E-state index in [0.29, 0.717) is 26.4 Å². The van der Waals surface area contributed by atoms with Gasteiger partial charge in [0.15, 0.2) is 0 Å². The topological polar surface area (TPSA) is 114 Å². The van der Waals surface area contributed by atoms with Crippen LogP contribution >= 0.6 is 0 Å². The smallest absolute Gasteiger partial charge is 0.407 e. The molecule has 0 saturated heterocycles. The molecule has 9 nitrogen and oxygen atoms in total. The minimum Gasteiger partial charge on any atom is -0.480 e. The SMILES string of the molecule is CC(C)C(C(=O)O)N(C)C(=O)CCOCCOCCNC(=O)OC(C)(C)C. The minimum absolute atomic E-state index is 0.104. The summed E-state index contributed by atoms with van der Waals surface area (Å²) >= 11 is 0. The quantitative estimate of drug-likeness (QED) is 0.485. The molecule has 0 saturated carbocycles. The fourth-order valence-corrected chi connectivity index (χ4v) is 2.25. The Morgan fingerprint density at radius 3 is 2.07 bits per heavy atom. The zero-order chi connectivity index (χ0) is 21.0. The van der Waals surface area contributed by atoms with E-state index in [2.05, 4.69) is 5.32 Å². The van der Waals surface area contributed by atoms with Crippen molar-refractivity contribution in [2.24, 2.45) is 5.92 Å². The Morgan fingerprint density at radius 1 is 1.04 bits per heavy atom. The highest BCUT2D eigenvalue weighted by Gasteiger charge is 2.29. The van der Waals surface area contributed by atoms with E-state index in [9.17, 15) is 19.5 Å². The molecular weight excluding hydrogens is 356 g/mol. The lowest BCUT2D eigenvalue weighted by atomic mass is 10.0. The average molecular weight is 390 g/mol. The molecule has 0 aromatic carbocycles. The van der Waals surface area contributed by atoms with Crippen LogP contribution in [-0.2, 0) is 23.8 Å². The van der Waals surface area contributed by atoms with E-state index in [1.807, 2.05) is 0 Å². The summed E-state index contributed by atoms with van der Waals surface area (Å²) in [4.78, 5) is 35.9. The molecule has 1 atom stereocenters. The largest absolute Gasteiger partial charge is 0.480 e. The number of nitrogens with zero attached hydrogens (tertiary/aromatic N) is 1. The molecule has 0 radical (unpaired) electrons. The summed E-state index contributed by atoms with van der Waals surface area (Å²) in [6.07, 6.45) is -0.390. The van der Waals surface area contributed by atoms with Crippen LogP contribution in [0.5, 0.6) is 0 Å². The number of aliphatic carboxylic acids is 1. The van der Waals surface area contributed by atoms with Gasteiger partial charge in [0, 0.05) is 13.6 Å². The molecule has 0 aliphatic heterocycles. The number of ether oxygens (including phenoxy) is 3. The maximum Gasteiger partial charge on any atom is 0.407 e. The summed E-state index contributed by atoms with van der Waals surface area (Å²) in [5, 5.41) is 11.8. The van der Waals surface area contributed by atoms with Gasteiger partial charge in [0.05, 0.1) is 32.8 Å². The van der Waals surface area contributed by atoms with Crippen LogP contribution in [0, 0.1) is 5.92 Å². The monoisotopic (exact) mass is 390 g/mol. The second kappa shape index (κ2) is 12.5. The first-order chi connectivity index (χ1) is 12.5. The second-order valence-corrected chi connectivity index (χ2v) is 7.44. The Bertz CT molecular complexity index is 475. The highest BCUT2D eigenvalue weighted by Crippen LogP contribution is 2.11. The van der Waals surface area contributed by atoms with E-state index >= 15 is 0 Å². The number of carboxylic acid groups (broad SMARTS) is 1. The Kier molecular flexibility index (Phi) is 11.6. The highest BCUT2D eigenvalue weighted by atomic mass is 16.6. The normalized spacial score (nSPS) is 12.6. The number of hydrogen-bond donors (Lipinski definition) is 2. The zero-order valence-corrected chi connectivity index (χ0v) is 17.2. The maximum absolute atomic E-state index is 12.0. The fourth-order valence-electron chi connectivity index (χ4n) is 2.25. The van der Waals surface area contributed by atoms with Crippen molar-refractivity contribution in [1.29, 1.82) is 0 Å². The van der Waals surface area contributed by atoms with Crippen molar-refractivity contribution in [3.63, 3.8) is 0 Å². The molecule has 158 valence electrons. The molecule has 2 N–H and O–H groups in total. The Labute approximate surface area is 161 Å². The van der Waals surface area contributed by atoms with Gasteiger partial charge in [0.2, 0.25) is 5.91 Å². The first kappa shape index (κ1) is 25.1. The van der Waals surface area contributed by atoms with Gasteiger partial charge in [-0.25, -0.2) is 9.59 Å². The van der Waals surface area contributed by atoms with Crippen LogP contribution in [0.25, 0.3) is 0 Å². The van der Waals surface area contributed by atoms with E-state index in [1.165, 1.54) is 11.9 Å². The maximum atomic E-state index is 12.0. The van der Waals surface area contributed by atoms with Crippen molar-refractivity contribution in [1.82, 2.24) is 10.2 Å². The molecule has 9 heteroatoms. The number of nitrogens with one attached hydrogen (secondary N) is 1. The molecule has 2 amide bonds. The van der Waals surface area contributed by atoms with Gasteiger partial charge in [-0.1, -0.05) is 13.8 Å². The first-order valence-corrected chi connectivity index (χ1v) is 9.06. The van der Waals surface area contributed by atoms with E-state index in [0.717, 1.165) is 0 Å².